The molecule has 0 N–H and O–H groups in total. The largest absolute Gasteiger partial charge is 0.493 e. The first-order valence-electron chi connectivity index (χ1n) is 18.4. The predicted octanol–water partition coefficient (Wildman–Crippen LogP) is 9.26. The van der Waals surface area contributed by atoms with Crippen molar-refractivity contribution in [2.75, 3.05) is 13.2 Å². The maximum absolute atomic E-state index is 16.7. The van der Waals surface area contributed by atoms with Crippen LogP contribution in [0.3, 0.4) is 0 Å². The van der Waals surface area contributed by atoms with Crippen molar-refractivity contribution in [3.05, 3.63) is 154 Å². The van der Waals surface area contributed by atoms with E-state index in [0.29, 0.717) is 52.9 Å². The van der Waals surface area contributed by atoms with Gasteiger partial charge in [-0.3, -0.25) is 0 Å². The van der Waals surface area contributed by atoms with Crippen LogP contribution in [0.2, 0.25) is 0 Å². The Morgan fingerprint density at radius 1 is 0.396 bits per heavy atom. The topological polar surface area (TPSA) is 52.6 Å². The quantitative estimate of drug-likeness (QED) is 0.160. The zero-order chi connectivity index (χ0) is 37.7. The highest BCUT2D eigenvalue weighted by molar-refractivity contribution is 7.86. The van der Waals surface area contributed by atoms with Gasteiger partial charge >= 0.3 is 0 Å². The van der Waals surface area contributed by atoms with E-state index in [1.54, 1.807) is 0 Å². The lowest BCUT2D eigenvalue weighted by molar-refractivity contribution is 0.252. The van der Waals surface area contributed by atoms with Crippen molar-refractivity contribution < 1.29 is 18.6 Å². The molecule has 0 fully saturated rings. The molecule has 0 atom stereocenters. The van der Waals surface area contributed by atoms with Crippen LogP contribution in [0.1, 0.15) is 50.9 Å². The van der Waals surface area contributed by atoms with Crippen LogP contribution in [-0.4, -0.2) is 13.2 Å². The van der Waals surface area contributed by atoms with E-state index in [2.05, 4.69) is 128 Å². The molecule has 0 bridgehead atoms. The summed E-state index contributed by atoms with van der Waals surface area (Å²) in [6.45, 7) is 17.3. The Hall–Kier alpha value is -4.62. The van der Waals surface area contributed by atoms with Crippen LogP contribution in [-0.2, 0) is 9.13 Å². The average Bonchev–Trinajstić information content (AvgIpc) is 3.18. The zero-order valence-corrected chi connectivity index (χ0v) is 33.8. The summed E-state index contributed by atoms with van der Waals surface area (Å²) in [6, 6.07) is 36.7. The van der Waals surface area contributed by atoms with Crippen LogP contribution in [0.25, 0.3) is 11.1 Å². The monoisotopic (exact) mass is 738 g/mol. The number of hydrogen-bond acceptors (Lipinski definition) is 4. The smallest absolute Gasteiger partial charge is 0.171 e. The van der Waals surface area contributed by atoms with Crippen molar-refractivity contribution in [3.8, 4) is 22.6 Å². The van der Waals surface area contributed by atoms with Crippen molar-refractivity contribution in [1.29, 1.82) is 0 Å². The molecule has 1 aliphatic heterocycles. The first kappa shape index (κ1) is 36.7. The minimum absolute atomic E-state index is 0.420. The van der Waals surface area contributed by atoms with Crippen LogP contribution in [0, 0.1) is 55.4 Å². The van der Waals surface area contributed by atoms with E-state index in [-0.39, 0.29) is 0 Å². The fraction of sp³-hybridized carbons (Fsp3) is 0.234. The third kappa shape index (κ3) is 6.85. The van der Waals surface area contributed by atoms with Gasteiger partial charge in [-0.1, -0.05) is 80.9 Å². The van der Waals surface area contributed by atoms with E-state index in [1.165, 1.54) is 0 Å². The lowest BCUT2D eigenvalue weighted by atomic mass is 10.0. The first-order chi connectivity index (χ1) is 25.3. The molecule has 0 aliphatic carbocycles. The number of aryl methyl sites for hydroxylation is 8. The van der Waals surface area contributed by atoms with Crippen LogP contribution >= 0.6 is 14.3 Å². The maximum Gasteiger partial charge on any atom is 0.171 e. The molecule has 1 heterocycles. The summed E-state index contributed by atoms with van der Waals surface area (Å²) < 4.78 is 46.7. The summed E-state index contributed by atoms with van der Waals surface area (Å²) in [5, 5.41) is 4.27. The normalized spacial score (nSPS) is 13.1. The number of benzene rings is 6. The van der Waals surface area contributed by atoms with Gasteiger partial charge < -0.3 is 18.6 Å². The SMILES string of the molecule is Cc1cc(C)cc(P(=O)(c2cc(C)cc(C)c2)c2cccc3c2-c2c(cccc2P(=O)(c2cc(C)cc(C)c2)c2cc(C)cc(C)c2)OCCCO3)c1. The van der Waals surface area contributed by atoms with Crippen LogP contribution in [0.15, 0.2) is 109 Å². The highest BCUT2D eigenvalue weighted by Gasteiger charge is 2.40. The molecule has 0 saturated heterocycles. The molecule has 6 aromatic carbocycles. The summed E-state index contributed by atoms with van der Waals surface area (Å²) >= 11 is 0. The van der Waals surface area contributed by atoms with Gasteiger partial charge in [-0.2, -0.15) is 0 Å². The number of ether oxygens (including phenoxy) is 2. The highest BCUT2D eigenvalue weighted by Crippen LogP contribution is 2.53. The summed E-state index contributed by atoms with van der Waals surface area (Å²) in [4.78, 5) is 0. The Balaban J connectivity index is 1.67. The van der Waals surface area contributed by atoms with Gasteiger partial charge in [0.05, 0.1) is 13.2 Å². The molecular formula is C47H48O4P2. The Morgan fingerprint density at radius 2 is 0.660 bits per heavy atom. The molecule has 0 unspecified atom stereocenters. The minimum Gasteiger partial charge on any atom is -0.493 e. The van der Waals surface area contributed by atoms with E-state index in [1.807, 2.05) is 36.4 Å². The molecule has 0 aromatic heterocycles. The van der Waals surface area contributed by atoms with Gasteiger partial charge in [0.2, 0.25) is 0 Å². The Bertz CT molecular complexity index is 2130. The van der Waals surface area contributed by atoms with Crippen molar-refractivity contribution in [3.63, 3.8) is 0 Å². The zero-order valence-electron chi connectivity index (χ0n) is 32.0. The van der Waals surface area contributed by atoms with Gasteiger partial charge in [-0.15, -0.1) is 0 Å². The summed E-state index contributed by atoms with van der Waals surface area (Å²) in [6.07, 6.45) is 0.658. The number of hydrogen-bond donors (Lipinski definition) is 0. The van der Waals surface area contributed by atoms with E-state index in [0.717, 1.165) is 65.7 Å². The van der Waals surface area contributed by atoms with E-state index in [4.69, 9.17) is 9.47 Å². The molecule has 53 heavy (non-hydrogen) atoms. The van der Waals surface area contributed by atoms with Crippen molar-refractivity contribution >= 4 is 46.1 Å². The van der Waals surface area contributed by atoms with Gasteiger partial charge in [-0.05, 0) is 128 Å². The van der Waals surface area contributed by atoms with Gasteiger partial charge in [0, 0.05) is 49.4 Å². The molecule has 4 nitrogen and oxygen atoms in total. The fourth-order valence-corrected chi connectivity index (χ4v) is 14.6. The third-order valence-electron chi connectivity index (χ3n) is 10.0. The molecular weight excluding hydrogens is 690 g/mol. The van der Waals surface area contributed by atoms with Crippen LogP contribution < -0.4 is 41.3 Å². The van der Waals surface area contributed by atoms with E-state index < -0.39 is 14.3 Å². The van der Waals surface area contributed by atoms with Crippen molar-refractivity contribution in [2.45, 2.75) is 61.8 Å². The van der Waals surface area contributed by atoms with Crippen molar-refractivity contribution in [2.24, 2.45) is 0 Å². The average molecular weight is 739 g/mol. The molecule has 1 aliphatic rings. The molecule has 6 heteroatoms. The second-order valence-corrected chi connectivity index (χ2v) is 20.4. The van der Waals surface area contributed by atoms with Gasteiger partial charge in [0.1, 0.15) is 11.5 Å². The standard InChI is InChI=1S/C47H48O4P2/c1-30-18-31(2)23-38(22-30)52(48,39-24-32(3)19-33(4)25-39)44-14-9-12-42-46(44)47-43(51-17-11-16-50-42)13-10-15-45(47)53(49,40-26-34(5)20-35(6)27-40)41-28-36(7)21-37(8)29-41/h9-10,12-15,18-29H,11,16-17H2,1-8H3. The highest BCUT2D eigenvalue weighted by atomic mass is 31.2. The lowest BCUT2D eigenvalue weighted by Crippen LogP contribution is -2.31. The van der Waals surface area contributed by atoms with Gasteiger partial charge in [0.25, 0.3) is 0 Å². The molecule has 0 amide bonds. The second kappa shape index (κ2) is 14.3. The summed E-state index contributed by atoms with van der Waals surface area (Å²) in [7, 11) is -7.24. The molecule has 0 saturated carbocycles. The summed E-state index contributed by atoms with van der Waals surface area (Å²) in [5.74, 6) is 1.20. The minimum atomic E-state index is -3.62. The third-order valence-corrected chi connectivity index (χ3v) is 16.1. The van der Waals surface area contributed by atoms with E-state index in [9.17, 15) is 0 Å². The molecule has 7 rings (SSSR count). The molecule has 0 radical (unpaired) electrons. The predicted molar refractivity (Wildman–Crippen MR) is 224 cm³/mol. The van der Waals surface area contributed by atoms with Crippen molar-refractivity contribution in [1.82, 2.24) is 0 Å². The second-order valence-electron chi connectivity index (χ2n) is 15.0. The van der Waals surface area contributed by atoms with E-state index >= 15 is 9.13 Å². The maximum atomic E-state index is 16.7. The van der Waals surface area contributed by atoms with Crippen LogP contribution in [0.4, 0.5) is 0 Å². The lowest BCUT2D eigenvalue weighted by Gasteiger charge is -2.29. The number of rotatable bonds is 6. The molecule has 0 spiro atoms. The van der Waals surface area contributed by atoms with Gasteiger partial charge in [0.15, 0.2) is 14.3 Å². The Labute approximate surface area is 315 Å². The van der Waals surface area contributed by atoms with Gasteiger partial charge in [-0.25, -0.2) is 0 Å². The molecule has 6 aromatic rings. The fourth-order valence-electron chi connectivity index (χ4n) is 8.11. The summed E-state index contributed by atoms with van der Waals surface area (Å²) in [5.41, 5.74) is 9.62. The first-order valence-corrected chi connectivity index (χ1v) is 21.8. The Kier molecular flexibility index (Phi) is 9.92. The molecule has 270 valence electrons. The number of fused-ring (bicyclic) bond motifs is 3. The Morgan fingerprint density at radius 3 is 0.925 bits per heavy atom. The van der Waals surface area contributed by atoms with Crippen LogP contribution in [0.5, 0.6) is 11.5 Å².